The molecule has 2 aromatic rings. The van der Waals surface area contributed by atoms with E-state index >= 15 is 0 Å². The molecule has 0 unspecified atom stereocenters. The molecule has 4 rings (SSSR count). The summed E-state index contributed by atoms with van der Waals surface area (Å²) in [5, 5.41) is 0. The van der Waals surface area contributed by atoms with Crippen molar-refractivity contribution in [2.24, 2.45) is 0 Å². The van der Waals surface area contributed by atoms with Crippen LogP contribution in [0.15, 0.2) is 42.5 Å². The molecule has 0 N–H and O–H groups in total. The molecule has 2 aliphatic rings. The maximum absolute atomic E-state index is 14.3. The van der Waals surface area contributed by atoms with Gasteiger partial charge in [0.1, 0.15) is 12.4 Å². The van der Waals surface area contributed by atoms with Crippen LogP contribution in [0, 0.1) is 11.6 Å². The maximum atomic E-state index is 14.3. The average Bonchev–Trinajstić information content (AvgIpc) is 2.83. The first-order valence-electron chi connectivity index (χ1n) is 11.8. The van der Waals surface area contributed by atoms with Crippen molar-refractivity contribution < 1.29 is 23.0 Å². The highest BCUT2D eigenvalue weighted by Crippen LogP contribution is 2.27. The van der Waals surface area contributed by atoms with E-state index in [-0.39, 0.29) is 18.1 Å². The highest BCUT2D eigenvalue weighted by molar-refractivity contribution is 5.95. The predicted molar refractivity (Wildman–Crippen MR) is 122 cm³/mol. The van der Waals surface area contributed by atoms with Gasteiger partial charge in [-0.05, 0) is 56.5 Å². The lowest BCUT2D eigenvalue weighted by atomic mass is 9.93. The second-order valence-electron chi connectivity index (χ2n) is 8.84. The Kier molecular flexibility index (Phi) is 7.93. The Morgan fingerprint density at radius 2 is 1.88 bits per heavy atom. The number of piperidine rings is 1. The lowest BCUT2D eigenvalue weighted by Crippen LogP contribution is -2.51. The molecule has 0 radical (unpaired) electrons. The van der Waals surface area contributed by atoms with Crippen LogP contribution in [0.1, 0.15) is 48.0 Å². The van der Waals surface area contributed by atoms with Gasteiger partial charge in [0, 0.05) is 37.9 Å². The normalized spacial score (nSPS) is 22.9. The van der Waals surface area contributed by atoms with Gasteiger partial charge in [-0.15, -0.1) is 0 Å². The summed E-state index contributed by atoms with van der Waals surface area (Å²) in [5.41, 5.74) is 0.964. The summed E-state index contributed by atoms with van der Waals surface area (Å²) >= 11 is 0. The summed E-state index contributed by atoms with van der Waals surface area (Å²) in [5.74, 6) is -0.959. The third-order valence-corrected chi connectivity index (χ3v) is 6.69. The average molecular weight is 459 g/mol. The van der Waals surface area contributed by atoms with Gasteiger partial charge >= 0.3 is 0 Å². The third kappa shape index (κ3) is 5.71. The lowest BCUT2D eigenvalue weighted by molar-refractivity contribution is -0.0156. The van der Waals surface area contributed by atoms with E-state index in [9.17, 15) is 13.6 Å². The number of amides is 1. The van der Waals surface area contributed by atoms with Crippen LogP contribution >= 0.6 is 0 Å². The molecule has 178 valence electrons. The van der Waals surface area contributed by atoms with Crippen molar-refractivity contribution >= 4 is 5.91 Å². The second kappa shape index (κ2) is 11.1. The minimum absolute atomic E-state index is 0.0208. The van der Waals surface area contributed by atoms with Crippen molar-refractivity contribution in [3.63, 3.8) is 0 Å². The van der Waals surface area contributed by atoms with E-state index in [2.05, 4.69) is 4.90 Å². The molecule has 33 heavy (non-hydrogen) atoms. The summed E-state index contributed by atoms with van der Waals surface area (Å²) in [6, 6.07) is 11.6. The fourth-order valence-electron chi connectivity index (χ4n) is 4.94. The number of fused-ring (bicyclic) bond motifs is 3. The molecule has 0 spiro atoms. The Hall–Kier alpha value is -2.51. The van der Waals surface area contributed by atoms with Crippen LogP contribution in [-0.2, 0) is 11.3 Å². The smallest absolute Gasteiger partial charge is 0.254 e. The van der Waals surface area contributed by atoms with Gasteiger partial charge in [0.25, 0.3) is 5.91 Å². The zero-order valence-corrected chi connectivity index (χ0v) is 19.1. The molecule has 1 fully saturated rings. The van der Waals surface area contributed by atoms with Crippen molar-refractivity contribution in [1.82, 2.24) is 9.80 Å². The highest BCUT2D eigenvalue weighted by Gasteiger charge is 2.34. The van der Waals surface area contributed by atoms with Crippen molar-refractivity contribution in [3.05, 3.63) is 65.2 Å². The molecule has 1 saturated heterocycles. The van der Waals surface area contributed by atoms with E-state index in [0.717, 1.165) is 51.3 Å². The molecular weight excluding hydrogens is 426 g/mol. The van der Waals surface area contributed by atoms with Crippen molar-refractivity contribution in [2.75, 3.05) is 33.4 Å². The van der Waals surface area contributed by atoms with Gasteiger partial charge in [0.15, 0.2) is 11.6 Å². The molecule has 2 bridgehead atoms. The molecule has 7 heteroatoms. The topological polar surface area (TPSA) is 42.0 Å². The van der Waals surface area contributed by atoms with E-state index in [4.69, 9.17) is 9.47 Å². The van der Waals surface area contributed by atoms with Gasteiger partial charge in [-0.1, -0.05) is 24.6 Å². The van der Waals surface area contributed by atoms with E-state index in [1.807, 2.05) is 23.1 Å². The predicted octanol–water partition coefficient (Wildman–Crippen LogP) is 4.65. The quantitative estimate of drug-likeness (QED) is 0.672. The number of carbonyl (C=O) groups excluding carboxylic acids is 1. The summed E-state index contributed by atoms with van der Waals surface area (Å²) in [7, 11) is 1.72. The van der Waals surface area contributed by atoms with E-state index in [0.29, 0.717) is 36.6 Å². The molecule has 2 heterocycles. The van der Waals surface area contributed by atoms with Crippen LogP contribution in [0.5, 0.6) is 5.75 Å². The number of nitrogens with zero attached hydrogens (tertiary/aromatic N) is 2. The SMILES string of the molecule is CO[C@@H]1CCCN2C(=O)c3cccc(c3)OCCN(Cc3cccc(F)c3F)CCCC[C@H]12. The van der Waals surface area contributed by atoms with E-state index in [1.54, 1.807) is 25.3 Å². The van der Waals surface area contributed by atoms with Gasteiger partial charge in [0.05, 0.1) is 12.1 Å². The van der Waals surface area contributed by atoms with Crippen LogP contribution < -0.4 is 4.74 Å². The molecule has 1 amide bonds. The second-order valence-corrected chi connectivity index (χ2v) is 8.84. The number of benzene rings is 2. The highest BCUT2D eigenvalue weighted by atomic mass is 19.2. The summed E-state index contributed by atoms with van der Waals surface area (Å²) < 4.78 is 39.6. The molecule has 0 saturated carbocycles. The van der Waals surface area contributed by atoms with Crippen LogP contribution in [0.25, 0.3) is 0 Å². The summed E-state index contributed by atoms with van der Waals surface area (Å²) in [6.07, 6.45) is 4.53. The summed E-state index contributed by atoms with van der Waals surface area (Å²) in [6.45, 7) is 2.75. The first-order chi connectivity index (χ1) is 16.1. The Morgan fingerprint density at radius 3 is 2.73 bits per heavy atom. The van der Waals surface area contributed by atoms with Crippen LogP contribution in [-0.4, -0.2) is 61.2 Å². The first-order valence-corrected chi connectivity index (χ1v) is 11.8. The number of hydrogen-bond acceptors (Lipinski definition) is 4. The molecule has 5 nitrogen and oxygen atoms in total. The standard InChI is InChI=1S/C26H32F2N2O3/c1-32-24-12-6-14-30-23(24)11-2-3-13-29(18-20-8-5-10-22(27)25(20)28)15-16-33-21-9-4-7-19(17-21)26(30)31/h4-5,7-10,17,23-24H,2-3,6,11-16,18H2,1H3/t23-,24-/m1/s1. The number of halogens is 2. The zero-order valence-electron chi connectivity index (χ0n) is 19.1. The maximum Gasteiger partial charge on any atom is 0.254 e. The minimum atomic E-state index is -0.824. The fraction of sp³-hybridized carbons (Fsp3) is 0.500. The van der Waals surface area contributed by atoms with E-state index in [1.165, 1.54) is 0 Å². The number of methoxy groups -OCH3 is 1. The summed E-state index contributed by atoms with van der Waals surface area (Å²) in [4.78, 5) is 17.4. The molecular formula is C26H32F2N2O3. The Labute approximate surface area is 194 Å². The molecule has 0 aliphatic carbocycles. The Bertz CT molecular complexity index is 955. The van der Waals surface area contributed by atoms with Crippen molar-refractivity contribution in [1.29, 1.82) is 0 Å². The van der Waals surface area contributed by atoms with Gasteiger partial charge in [0.2, 0.25) is 0 Å². The number of ether oxygens (including phenoxy) is 2. The molecule has 2 aliphatic heterocycles. The van der Waals surface area contributed by atoms with Crippen molar-refractivity contribution in [3.8, 4) is 5.75 Å². The zero-order chi connectivity index (χ0) is 23.2. The van der Waals surface area contributed by atoms with Gasteiger partial charge < -0.3 is 14.4 Å². The Morgan fingerprint density at radius 1 is 1.03 bits per heavy atom. The Balaban J connectivity index is 1.55. The van der Waals surface area contributed by atoms with Gasteiger partial charge in [-0.25, -0.2) is 8.78 Å². The van der Waals surface area contributed by atoms with Gasteiger partial charge in [-0.3, -0.25) is 9.69 Å². The lowest BCUT2D eigenvalue weighted by Gasteiger charge is -2.41. The molecule has 2 atom stereocenters. The minimum Gasteiger partial charge on any atom is -0.492 e. The molecule has 0 aromatic heterocycles. The van der Waals surface area contributed by atoms with E-state index < -0.39 is 11.6 Å². The van der Waals surface area contributed by atoms with Gasteiger partial charge in [-0.2, -0.15) is 0 Å². The fourth-order valence-corrected chi connectivity index (χ4v) is 4.94. The van der Waals surface area contributed by atoms with Crippen LogP contribution in [0.2, 0.25) is 0 Å². The number of carbonyl (C=O) groups is 1. The van der Waals surface area contributed by atoms with Crippen LogP contribution in [0.3, 0.4) is 0 Å². The first kappa shape index (κ1) is 23.6. The number of hydrogen-bond donors (Lipinski definition) is 0. The largest absolute Gasteiger partial charge is 0.492 e. The van der Waals surface area contributed by atoms with Crippen LogP contribution in [0.4, 0.5) is 8.78 Å². The molecule has 2 aromatic carbocycles. The monoisotopic (exact) mass is 458 g/mol. The van der Waals surface area contributed by atoms with Crippen molar-refractivity contribution in [2.45, 2.75) is 50.8 Å². The number of rotatable bonds is 3. The third-order valence-electron chi connectivity index (χ3n) is 6.69.